The van der Waals surface area contributed by atoms with Crippen LogP contribution < -0.4 is 10.2 Å². The predicted octanol–water partition coefficient (Wildman–Crippen LogP) is 4.46. The molecule has 4 nitrogen and oxygen atoms in total. The van der Waals surface area contributed by atoms with E-state index in [2.05, 4.69) is 5.32 Å². The molecule has 0 fully saturated rings. The van der Waals surface area contributed by atoms with Gasteiger partial charge in [0.2, 0.25) is 5.91 Å². The third-order valence-electron chi connectivity index (χ3n) is 4.46. The molecule has 3 aromatic rings. The number of amides is 2. The summed E-state index contributed by atoms with van der Waals surface area (Å²) in [6.45, 7) is -0.376. The molecule has 0 saturated heterocycles. The molecule has 3 aromatic carbocycles. The fourth-order valence-electron chi connectivity index (χ4n) is 3.31. The summed E-state index contributed by atoms with van der Waals surface area (Å²) >= 11 is 0. The molecule has 0 aromatic heterocycles. The molecule has 0 bridgehead atoms. The molecule has 0 saturated carbocycles. The highest BCUT2D eigenvalue weighted by Gasteiger charge is 2.34. The molecular weight excluding hydrogens is 357 g/mol. The van der Waals surface area contributed by atoms with Gasteiger partial charge in [0.1, 0.15) is 6.54 Å². The number of carbonyl (C=O) groups excluding carboxylic acids is 2. The van der Waals surface area contributed by atoms with Crippen molar-refractivity contribution in [3.8, 4) is 0 Å². The van der Waals surface area contributed by atoms with E-state index in [9.17, 15) is 22.8 Å². The lowest BCUT2D eigenvalue weighted by Crippen LogP contribution is -2.35. The number of nitrogens with one attached hydrogen (secondary N) is 1. The van der Waals surface area contributed by atoms with E-state index < -0.39 is 17.6 Å². The van der Waals surface area contributed by atoms with E-state index in [-0.39, 0.29) is 18.1 Å². The predicted molar refractivity (Wildman–Crippen MR) is 95.7 cm³/mol. The minimum atomic E-state index is -4.59. The standard InChI is InChI=1S/C20H13F3N2O2/c21-20(22,23)14-8-1-2-9-15(14)24-17(26)11-25-16-10-4-6-12-5-3-7-13(18(12)16)19(25)27/h1-10H,11H2,(H,24,26). The zero-order valence-electron chi connectivity index (χ0n) is 13.9. The van der Waals surface area contributed by atoms with Crippen molar-refractivity contribution < 1.29 is 22.8 Å². The highest BCUT2D eigenvalue weighted by Crippen LogP contribution is 2.37. The molecule has 0 aliphatic carbocycles. The van der Waals surface area contributed by atoms with Crippen LogP contribution in [0.1, 0.15) is 15.9 Å². The van der Waals surface area contributed by atoms with Gasteiger partial charge >= 0.3 is 6.18 Å². The van der Waals surface area contributed by atoms with Crippen molar-refractivity contribution in [1.29, 1.82) is 0 Å². The Labute approximate surface area is 152 Å². The van der Waals surface area contributed by atoms with Crippen molar-refractivity contribution in [2.45, 2.75) is 6.18 Å². The summed E-state index contributed by atoms with van der Waals surface area (Å²) in [6.07, 6.45) is -4.59. The molecule has 7 heteroatoms. The number of alkyl halides is 3. The minimum Gasteiger partial charge on any atom is -0.324 e. The number of carbonyl (C=O) groups is 2. The molecule has 1 N–H and O–H groups in total. The first-order valence-corrected chi connectivity index (χ1v) is 8.16. The van der Waals surface area contributed by atoms with E-state index in [1.807, 2.05) is 12.1 Å². The van der Waals surface area contributed by atoms with Gasteiger partial charge < -0.3 is 5.32 Å². The third-order valence-corrected chi connectivity index (χ3v) is 4.46. The van der Waals surface area contributed by atoms with Gasteiger partial charge in [0.25, 0.3) is 5.91 Å². The molecule has 0 spiro atoms. The molecular formula is C20H13F3N2O2. The Bertz CT molecular complexity index is 1070. The fourth-order valence-corrected chi connectivity index (χ4v) is 3.31. The molecule has 27 heavy (non-hydrogen) atoms. The van der Waals surface area contributed by atoms with Crippen LogP contribution in [0.15, 0.2) is 60.7 Å². The average Bonchev–Trinajstić information content (AvgIpc) is 2.89. The van der Waals surface area contributed by atoms with Gasteiger partial charge in [0.15, 0.2) is 0 Å². The van der Waals surface area contributed by atoms with E-state index in [1.54, 1.807) is 24.3 Å². The third kappa shape index (κ3) is 2.91. The number of hydrogen-bond acceptors (Lipinski definition) is 2. The quantitative estimate of drug-likeness (QED) is 0.740. The van der Waals surface area contributed by atoms with Crippen molar-refractivity contribution >= 4 is 34.0 Å². The summed E-state index contributed by atoms with van der Waals surface area (Å²) in [7, 11) is 0. The number of para-hydroxylation sites is 1. The number of anilines is 2. The highest BCUT2D eigenvalue weighted by molar-refractivity contribution is 6.26. The van der Waals surface area contributed by atoms with Crippen LogP contribution >= 0.6 is 0 Å². The molecule has 1 aliphatic heterocycles. The van der Waals surface area contributed by atoms with E-state index in [1.165, 1.54) is 23.1 Å². The molecule has 0 atom stereocenters. The number of nitrogens with zero attached hydrogens (tertiary/aromatic N) is 1. The van der Waals surface area contributed by atoms with Gasteiger partial charge in [-0.2, -0.15) is 13.2 Å². The van der Waals surface area contributed by atoms with E-state index >= 15 is 0 Å². The summed E-state index contributed by atoms with van der Waals surface area (Å²) in [6, 6.07) is 15.4. The molecule has 136 valence electrons. The van der Waals surface area contributed by atoms with Crippen LogP contribution in [0, 0.1) is 0 Å². The van der Waals surface area contributed by atoms with Gasteiger partial charge in [-0.1, -0.05) is 36.4 Å². The Hall–Kier alpha value is -3.35. The largest absolute Gasteiger partial charge is 0.418 e. The Morgan fingerprint density at radius 3 is 2.41 bits per heavy atom. The molecule has 0 unspecified atom stereocenters. The number of benzene rings is 3. The summed E-state index contributed by atoms with van der Waals surface area (Å²) in [5, 5.41) is 3.88. The summed E-state index contributed by atoms with van der Waals surface area (Å²) < 4.78 is 39.2. The number of rotatable bonds is 3. The van der Waals surface area contributed by atoms with Crippen LogP contribution in [-0.4, -0.2) is 18.4 Å². The van der Waals surface area contributed by atoms with Crippen LogP contribution in [-0.2, 0) is 11.0 Å². The van der Waals surface area contributed by atoms with Crippen LogP contribution in [0.2, 0.25) is 0 Å². The minimum absolute atomic E-state index is 0.336. The van der Waals surface area contributed by atoms with E-state index in [0.29, 0.717) is 11.3 Å². The normalized spacial score (nSPS) is 13.3. The maximum Gasteiger partial charge on any atom is 0.418 e. The van der Waals surface area contributed by atoms with Crippen molar-refractivity contribution in [3.05, 3.63) is 71.8 Å². The topological polar surface area (TPSA) is 49.4 Å². The lowest BCUT2D eigenvalue weighted by atomic mass is 10.1. The van der Waals surface area contributed by atoms with Gasteiger partial charge in [0.05, 0.1) is 16.9 Å². The van der Waals surface area contributed by atoms with Crippen LogP contribution in [0.25, 0.3) is 10.8 Å². The Morgan fingerprint density at radius 1 is 0.963 bits per heavy atom. The average molecular weight is 370 g/mol. The van der Waals surface area contributed by atoms with Gasteiger partial charge in [-0.15, -0.1) is 0 Å². The molecule has 4 rings (SSSR count). The van der Waals surface area contributed by atoms with Crippen molar-refractivity contribution in [1.82, 2.24) is 0 Å². The van der Waals surface area contributed by atoms with Gasteiger partial charge in [-0.05, 0) is 29.7 Å². The smallest absolute Gasteiger partial charge is 0.324 e. The molecule has 2 amide bonds. The monoisotopic (exact) mass is 370 g/mol. The molecule has 0 radical (unpaired) electrons. The summed E-state index contributed by atoms with van der Waals surface area (Å²) in [5.74, 6) is -1.05. The second kappa shape index (κ2) is 6.12. The van der Waals surface area contributed by atoms with Crippen LogP contribution in [0.3, 0.4) is 0 Å². The Balaban J connectivity index is 1.61. The maximum absolute atomic E-state index is 13.1. The first kappa shape index (κ1) is 17.1. The Kier molecular flexibility index (Phi) is 3.87. The number of halogens is 3. The summed E-state index contributed by atoms with van der Waals surface area (Å²) in [5.41, 5.74) is -0.215. The zero-order valence-corrected chi connectivity index (χ0v) is 13.9. The van der Waals surface area contributed by atoms with Gasteiger partial charge in [0, 0.05) is 10.9 Å². The molecule has 1 heterocycles. The second-order valence-electron chi connectivity index (χ2n) is 6.16. The lowest BCUT2D eigenvalue weighted by molar-refractivity contribution is -0.137. The number of hydrogen-bond donors (Lipinski definition) is 1. The maximum atomic E-state index is 13.1. The van der Waals surface area contributed by atoms with E-state index in [0.717, 1.165) is 16.8 Å². The van der Waals surface area contributed by atoms with Crippen LogP contribution in [0.4, 0.5) is 24.5 Å². The van der Waals surface area contributed by atoms with Gasteiger partial charge in [-0.25, -0.2) is 0 Å². The first-order valence-electron chi connectivity index (χ1n) is 8.16. The SMILES string of the molecule is O=C(CN1C(=O)c2cccc3cccc1c23)Nc1ccccc1C(F)(F)F. The molecule has 1 aliphatic rings. The summed E-state index contributed by atoms with van der Waals surface area (Å²) in [4.78, 5) is 26.3. The second-order valence-corrected chi connectivity index (χ2v) is 6.16. The highest BCUT2D eigenvalue weighted by atomic mass is 19.4. The van der Waals surface area contributed by atoms with Gasteiger partial charge in [-0.3, -0.25) is 14.5 Å². The zero-order chi connectivity index (χ0) is 19.2. The van der Waals surface area contributed by atoms with Crippen molar-refractivity contribution in [3.63, 3.8) is 0 Å². The van der Waals surface area contributed by atoms with Crippen LogP contribution in [0.5, 0.6) is 0 Å². The van der Waals surface area contributed by atoms with Crippen molar-refractivity contribution in [2.24, 2.45) is 0 Å². The Morgan fingerprint density at radius 2 is 1.67 bits per heavy atom. The fraction of sp³-hybridized carbons (Fsp3) is 0.100. The van der Waals surface area contributed by atoms with E-state index in [4.69, 9.17) is 0 Å². The first-order chi connectivity index (χ1) is 12.9. The lowest BCUT2D eigenvalue weighted by Gasteiger charge is -2.18. The van der Waals surface area contributed by atoms with Crippen molar-refractivity contribution in [2.75, 3.05) is 16.8 Å².